The largest absolute Gasteiger partial charge is 0.467 e. The van der Waals surface area contributed by atoms with Crippen molar-refractivity contribution in [1.29, 1.82) is 0 Å². The van der Waals surface area contributed by atoms with E-state index in [-0.39, 0.29) is 40.3 Å². The molecule has 0 aliphatic heterocycles. The lowest BCUT2D eigenvalue weighted by molar-refractivity contribution is -0.143. The fourth-order valence-corrected chi connectivity index (χ4v) is 4.96. The number of carbonyl (C=O) groups is 2. The molecule has 2 heterocycles. The number of carbonyl (C=O) groups excluding carboxylic acids is 2. The van der Waals surface area contributed by atoms with Crippen LogP contribution in [0.5, 0.6) is 0 Å². The van der Waals surface area contributed by atoms with Gasteiger partial charge in [0.15, 0.2) is 0 Å². The van der Waals surface area contributed by atoms with Crippen LogP contribution in [0.4, 0.5) is 27.6 Å². The molecule has 0 fully saturated rings. The van der Waals surface area contributed by atoms with Crippen molar-refractivity contribution >= 4 is 28.5 Å². The van der Waals surface area contributed by atoms with Gasteiger partial charge in [-0.25, -0.2) is 13.6 Å². The molecule has 45 heavy (non-hydrogen) atoms. The molecule has 0 aliphatic carbocycles. The number of fused-ring (bicyclic) bond motifs is 1. The Kier molecular flexibility index (Phi) is 9.59. The minimum absolute atomic E-state index is 0.0397. The molecule has 8 nitrogen and oxygen atoms in total. The van der Waals surface area contributed by atoms with Gasteiger partial charge in [-0.3, -0.25) is 14.6 Å². The van der Waals surface area contributed by atoms with Crippen molar-refractivity contribution in [2.24, 2.45) is 7.05 Å². The summed E-state index contributed by atoms with van der Waals surface area (Å²) in [6, 6.07) is 7.02. The van der Waals surface area contributed by atoms with Crippen molar-refractivity contribution < 1.29 is 36.3 Å². The lowest BCUT2D eigenvalue weighted by Crippen LogP contribution is -2.43. The van der Waals surface area contributed by atoms with Crippen LogP contribution in [-0.4, -0.2) is 40.6 Å². The third-order valence-corrected chi connectivity index (χ3v) is 7.61. The summed E-state index contributed by atoms with van der Waals surface area (Å²) in [4.78, 5) is 43.2. The van der Waals surface area contributed by atoms with Gasteiger partial charge in [-0.1, -0.05) is 25.1 Å². The van der Waals surface area contributed by atoms with Crippen LogP contribution in [0.1, 0.15) is 47.4 Å². The molecule has 2 N–H and O–H groups in total. The highest BCUT2D eigenvalue weighted by atomic mass is 19.4. The molecule has 0 saturated heterocycles. The lowest BCUT2D eigenvalue weighted by Gasteiger charge is -2.20. The Bertz CT molecular complexity index is 1810. The number of halogens is 5. The average molecular weight is 631 g/mol. The Morgan fingerprint density at radius 2 is 1.76 bits per heavy atom. The summed E-state index contributed by atoms with van der Waals surface area (Å²) in [6.07, 6.45) is -3.11. The van der Waals surface area contributed by atoms with Gasteiger partial charge in [0.25, 0.3) is 11.5 Å². The number of nitrogens with one attached hydrogen (secondary N) is 2. The molecule has 238 valence electrons. The molecular formula is C32H31F5N4O4. The number of methoxy groups -OCH3 is 1. The van der Waals surface area contributed by atoms with E-state index in [0.717, 1.165) is 29.9 Å². The molecule has 0 radical (unpaired) electrons. The summed E-state index contributed by atoms with van der Waals surface area (Å²) in [5.41, 5.74) is -2.98. The molecule has 0 spiro atoms. The summed E-state index contributed by atoms with van der Waals surface area (Å²) in [6.45, 7) is 5.09. The Hall–Kier alpha value is -4.81. The monoisotopic (exact) mass is 630 g/mol. The number of hydrogen-bond donors (Lipinski definition) is 2. The van der Waals surface area contributed by atoms with Crippen molar-refractivity contribution in [2.45, 2.75) is 51.9 Å². The first-order chi connectivity index (χ1) is 21.2. The number of pyridine rings is 2. The molecule has 4 rings (SSSR count). The molecule has 2 aromatic carbocycles. The third kappa shape index (κ3) is 6.81. The number of hydrogen-bond acceptors (Lipinski definition) is 6. The van der Waals surface area contributed by atoms with Crippen LogP contribution in [0, 0.1) is 18.6 Å². The van der Waals surface area contributed by atoms with Gasteiger partial charge in [-0.05, 0) is 50.1 Å². The summed E-state index contributed by atoms with van der Waals surface area (Å²) >= 11 is 0. The number of aromatic nitrogens is 2. The predicted octanol–water partition coefficient (Wildman–Crippen LogP) is 5.93. The molecule has 13 heteroatoms. The van der Waals surface area contributed by atoms with Gasteiger partial charge >= 0.3 is 12.1 Å². The zero-order valence-corrected chi connectivity index (χ0v) is 25.1. The number of ether oxygens (including phenoxy) is 1. The number of anilines is 1. The van der Waals surface area contributed by atoms with Crippen LogP contribution in [0.3, 0.4) is 0 Å². The average Bonchev–Trinajstić information content (AvgIpc) is 2.98. The van der Waals surface area contributed by atoms with Crippen LogP contribution in [0.2, 0.25) is 0 Å². The van der Waals surface area contributed by atoms with Crippen LogP contribution in [0.25, 0.3) is 22.0 Å². The van der Waals surface area contributed by atoms with E-state index in [1.807, 2.05) is 13.8 Å². The molecular weight excluding hydrogens is 599 g/mol. The van der Waals surface area contributed by atoms with Crippen LogP contribution in [0.15, 0.2) is 53.5 Å². The SMILES string of the molecule is CC[C@H](C)Nc1cc(F)c(C(=O)N[C@@H](Cc2ccc(-c3c(C(F)(F)F)cc(C)n(C)c3=O)c3ncccc23)C(=O)OC)c(F)c1. The Morgan fingerprint density at radius 1 is 1.09 bits per heavy atom. The van der Waals surface area contributed by atoms with Crippen molar-refractivity contribution in [3.05, 3.63) is 93.0 Å². The highest BCUT2D eigenvalue weighted by Crippen LogP contribution is 2.38. The number of rotatable bonds is 9. The number of esters is 1. The van der Waals surface area contributed by atoms with Crippen molar-refractivity contribution in [2.75, 3.05) is 12.4 Å². The van der Waals surface area contributed by atoms with Crippen LogP contribution in [-0.2, 0) is 29.2 Å². The van der Waals surface area contributed by atoms with Gasteiger partial charge in [-0.2, -0.15) is 13.2 Å². The molecule has 0 saturated carbocycles. The number of aryl methyl sites for hydroxylation is 1. The molecule has 1 amide bonds. The van der Waals surface area contributed by atoms with E-state index in [2.05, 4.69) is 15.6 Å². The van der Waals surface area contributed by atoms with E-state index >= 15 is 0 Å². The molecule has 0 unspecified atom stereocenters. The second-order valence-corrected chi connectivity index (χ2v) is 10.6. The summed E-state index contributed by atoms with van der Waals surface area (Å²) < 4.78 is 78.1. The smallest absolute Gasteiger partial charge is 0.417 e. The fraction of sp³-hybridized carbons (Fsp3) is 0.312. The van der Waals surface area contributed by atoms with Gasteiger partial charge in [0.2, 0.25) is 0 Å². The molecule has 2 atom stereocenters. The normalized spacial score (nSPS) is 12.9. The summed E-state index contributed by atoms with van der Waals surface area (Å²) in [5.74, 6) is -4.46. The van der Waals surface area contributed by atoms with Crippen LogP contribution >= 0.6 is 0 Å². The minimum Gasteiger partial charge on any atom is -0.467 e. The maximum atomic E-state index is 14.9. The van der Waals surface area contributed by atoms with E-state index in [1.165, 1.54) is 44.4 Å². The van der Waals surface area contributed by atoms with Gasteiger partial charge in [-0.15, -0.1) is 0 Å². The van der Waals surface area contributed by atoms with Gasteiger partial charge in [0.1, 0.15) is 23.2 Å². The van der Waals surface area contributed by atoms with Gasteiger partial charge in [0, 0.05) is 48.0 Å². The second-order valence-electron chi connectivity index (χ2n) is 10.6. The van der Waals surface area contributed by atoms with E-state index in [4.69, 9.17) is 4.74 Å². The summed E-state index contributed by atoms with van der Waals surface area (Å²) in [7, 11) is 2.42. The van der Waals surface area contributed by atoms with Crippen molar-refractivity contribution in [1.82, 2.24) is 14.9 Å². The first-order valence-corrected chi connectivity index (χ1v) is 14.0. The Labute approximate surface area is 255 Å². The van der Waals surface area contributed by atoms with Gasteiger partial charge in [0.05, 0.1) is 23.8 Å². The van der Waals surface area contributed by atoms with Crippen molar-refractivity contribution in [3.8, 4) is 11.1 Å². The summed E-state index contributed by atoms with van der Waals surface area (Å²) in [5, 5.41) is 5.52. The first kappa shape index (κ1) is 33.1. The molecule has 0 bridgehead atoms. The topological polar surface area (TPSA) is 102 Å². The highest BCUT2D eigenvalue weighted by molar-refractivity contribution is 5.99. The molecule has 2 aromatic heterocycles. The highest BCUT2D eigenvalue weighted by Gasteiger charge is 2.37. The minimum atomic E-state index is -4.85. The first-order valence-electron chi connectivity index (χ1n) is 14.0. The van der Waals surface area contributed by atoms with Crippen molar-refractivity contribution in [3.63, 3.8) is 0 Å². The van der Waals surface area contributed by atoms with E-state index in [9.17, 15) is 36.3 Å². The fourth-order valence-electron chi connectivity index (χ4n) is 4.96. The maximum absolute atomic E-state index is 14.9. The maximum Gasteiger partial charge on any atom is 0.417 e. The Balaban J connectivity index is 1.76. The van der Waals surface area contributed by atoms with Gasteiger partial charge < -0.3 is 19.9 Å². The quantitative estimate of drug-likeness (QED) is 0.176. The predicted molar refractivity (Wildman–Crippen MR) is 159 cm³/mol. The van der Waals surface area contributed by atoms with E-state index in [0.29, 0.717) is 12.0 Å². The van der Waals surface area contributed by atoms with Crippen LogP contribution < -0.4 is 16.2 Å². The Morgan fingerprint density at radius 3 is 2.36 bits per heavy atom. The zero-order valence-electron chi connectivity index (χ0n) is 25.1. The number of alkyl halides is 3. The molecule has 4 aromatic rings. The second kappa shape index (κ2) is 13.0. The third-order valence-electron chi connectivity index (χ3n) is 7.61. The lowest BCUT2D eigenvalue weighted by atomic mass is 9.93. The standard InChI is InChI=1S/C32H31F5N4O4/c1-6-16(2)39-19-14-23(33)27(24(34)15-19)29(42)40-25(31(44)45-5)13-18-9-10-21(28-20(18)8-7-11-38-28)26-22(32(35,36)37)12-17(3)41(4)30(26)43/h7-12,14-16,25,39H,6,13H2,1-5H3,(H,40,42)/t16-,25-/m0/s1. The molecule has 0 aliphatic rings. The zero-order chi connectivity index (χ0) is 33.2. The van der Waals surface area contributed by atoms with E-state index in [1.54, 1.807) is 0 Å². The number of benzene rings is 2. The number of nitrogens with zero attached hydrogens (tertiary/aromatic N) is 2. The number of amides is 1. The van der Waals surface area contributed by atoms with E-state index < -0.39 is 58.0 Å².